The van der Waals surface area contributed by atoms with E-state index in [1.165, 1.54) is 11.8 Å². The van der Waals surface area contributed by atoms with E-state index in [1.807, 2.05) is 30.8 Å². The molecule has 1 saturated heterocycles. The van der Waals surface area contributed by atoms with Gasteiger partial charge >= 0.3 is 0 Å². The van der Waals surface area contributed by atoms with E-state index in [9.17, 15) is 4.79 Å². The summed E-state index contributed by atoms with van der Waals surface area (Å²) in [4.78, 5) is 16.3. The fourth-order valence-electron chi connectivity index (χ4n) is 2.51. The summed E-state index contributed by atoms with van der Waals surface area (Å²) in [7, 11) is 3.91. The molecule has 2 rings (SSSR count). The molecule has 0 aromatic carbocycles. The molecule has 1 aromatic heterocycles. The fourth-order valence-corrected chi connectivity index (χ4v) is 3.57. The highest BCUT2D eigenvalue weighted by molar-refractivity contribution is 8.00. The number of likely N-dealkylation sites (tertiary alicyclic amines) is 1. The Balaban J connectivity index is 2.13. The maximum absolute atomic E-state index is 12.4. The maximum atomic E-state index is 12.4. The van der Waals surface area contributed by atoms with Crippen molar-refractivity contribution in [2.24, 2.45) is 0 Å². The van der Waals surface area contributed by atoms with Crippen LogP contribution in [0, 0.1) is 0 Å². The summed E-state index contributed by atoms with van der Waals surface area (Å²) in [5, 5.41) is 9.20. The third-order valence-electron chi connectivity index (χ3n) is 3.61. The first kappa shape index (κ1) is 16.1. The summed E-state index contributed by atoms with van der Waals surface area (Å²) in [6.45, 7) is 7.95. The summed E-state index contributed by atoms with van der Waals surface area (Å²) in [5.74, 6) is 1.04. The second-order valence-corrected chi connectivity index (χ2v) is 7.24. The molecule has 118 valence electrons. The number of thioether (sulfide) groups is 1. The highest BCUT2D eigenvalue weighted by atomic mass is 32.2. The number of aromatic nitrogens is 3. The number of carbonyl (C=O) groups is 1. The van der Waals surface area contributed by atoms with Gasteiger partial charge < -0.3 is 9.80 Å². The van der Waals surface area contributed by atoms with Gasteiger partial charge in [-0.05, 0) is 33.6 Å². The Morgan fingerprint density at radius 1 is 1.19 bits per heavy atom. The van der Waals surface area contributed by atoms with Crippen molar-refractivity contribution in [3.8, 4) is 0 Å². The van der Waals surface area contributed by atoms with E-state index in [0.29, 0.717) is 0 Å². The van der Waals surface area contributed by atoms with E-state index in [4.69, 9.17) is 0 Å². The zero-order valence-electron chi connectivity index (χ0n) is 13.5. The average Bonchev–Trinajstić information content (AvgIpc) is 3.06. The summed E-state index contributed by atoms with van der Waals surface area (Å²) < 4.78 is 2.08. The van der Waals surface area contributed by atoms with E-state index < -0.39 is 0 Å². The Labute approximate surface area is 130 Å². The molecule has 0 aliphatic carbocycles. The van der Waals surface area contributed by atoms with Gasteiger partial charge in [-0.1, -0.05) is 11.8 Å². The van der Waals surface area contributed by atoms with Gasteiger partial charge in [0.15, 0.2) is 5.16 Å². The molecule has 1 atom stereocenters. The van der Waals surface area contributed by atoms with E-state index in [1.54, 1.807) is 0 Å². The molecule has 1 aromatic rings. The molecule has 7 heteroatoms. The number of hydrogen-bond donors (Lipinski definition) is 0. The molecule has 0 spiro atoms. The van der Waals surface area contributed by atoms with Crippen LogP contribution in [-0.2, 0) is 4.79 Å². The number of hydrogen-bond acceptors (Lipinski definition) is 5. The topological polar surface area (TPSA) is 54.3 Å². The second-order valence-electron chi connectivity index (χ2n) is 5.93. The molecule has 1 aliphatic heterocycles. The van der Waals surface area contributed by atoms with Crippen LogP contribution >= 0.6 is 11.8 Å². The van der Waals surface area contributed by atoms with Crippen LogP contribution in [0.25, 0.3) is 0 Å². The van der Waals surface area contributed by atoms with Crippen molar-refractivity contribution in [1.82, 2.24) is 19.7 Å². The zero-order valence-corrected chi connectivity index (χ0v) is 14.4. The molecule has 1 aliphatic rings. The minimum Gasteiger partial charge on any atom is -0.347 e. The average molecular weight is 311 g/mol. The zero-order chi connectivity index (χ0) is 15.6. The predicted molar refractivity (Wildman–Crippen MR) is 85.9 cm³/mol. The van der Waals surface area contributed by atoms with E-state index in [0.717, 1.165) is 37.0 Å². The molecule has 1 amide bonds. The lowest BCUT2D eigenvalue weighted by Gasteiger charge is -2.21. The van der Waals surface area contributed by atoms with Crippen LogP contribution in [0.15, 0.2) is 5.16 Å². The van der Waals surface area contributed by atoms with Crippen molar-refractivity contribution in [3.05, 3.63) is 0 Å². The van der Waals surface area contributed by atoms with E-state index in [-0.39, 0.29) is 17.2 Å². The van der Waals surface area contributed by atoms with Gasteiger partial charge in [0.1, 0.15) is 0 Å². The minimum atomic E-state index is -0.125. The Morgan fingerprint density at radius 3 is 2.33 bits per heavy atom. The van der Waals surface area contributed by atoms with Gasteiger partial charge in [-0.25, -0.2) is 0 Å². The van der Waals surface area contributed by atoms with Gasteiger partial charge in [-0.15, -0.1) is 10.2 Å². The Bertz CT molecular complexity index is 494. The van der Waals surface area contributed by atoms with Gasteiger partial charge in [0.2, 0.25) is 11.9 Å². The largest absolute Gasteiger partial charge is 0.347 e. The van der Waals surface area contributed by atoms with Crippen molar-refractivity contribution < 1.29 is 4.79 Å². The maximum Gasteiger partial charge on any atom is 0.235 e. The standard InChI is InChI=1S/C14H25N5OS/c1-10(2)19-13(17(4)5)15-16-14(19)21-11(3)12(20)18-8-6-7-9-18/h10-11H,6-9H2,1-5H3/t11-/m0/s1. The number of rotatable bonds is 5. The van der Waals surface area contributed by atoms with Crippen LogP contribution < -0.4 is 4.90 Å². The lowest BCUT2D eigenvalue weighted by molar-refractivity contribution is -0.129. The molecule has 0 N–H and O–H groups in total. The van der Waals surface area contributed by atoms with Gasteiger partial charge in [0.05, 0.1) is 5.25 Å². The summed E-state index contributed by atoms with van der Waals surface area (Å²) >= 11 is 1.50. The van der Waals surface area contributed by atoms with Gasteiger partial charge in [-0.3, -0.25) is 9.36 Å². The first-order chi connectivity index (χ1) is 9.91. The van der Waals surface area contributed by atoms with E-state index >= 15 is 0 Å². The SMILES string of the molecule is CC(C)n1c(S[C@@H](C)C(=O)N2CCCC2)nnc1N(C)C. The first-order valence-corrected chi connectivity index (χ1v) is 8.37. The Morgan fingerprint density at radius 2 is 1.81 bits per heavy atom. The second kappa shape index (κ2) is 6.68. The van der Waals surface area contributed by atoms with Crippen molar-refractivity contribution in [2.45, 2.75) is 50.1 Å². The number of carbonyl (C=O) groups excluding carboxylic acids is 1. The Hall–Kier alpha value is -1.24. The number of nitrogens with zero attached hydrogens (tertiary/aromatic N) is 5. The van der Waals surface area contributed by atoms with Crippen LogP contribution in [0.3, 0.4) is 0 Å². The first-order valence-electron chi connectivity index (χ1n) is 7.49. The van der Waals surface area contributed by atoms with Crippen LogP contribution in [0.2, 0.25) is 0 Å². The molecule has 2 heterocycles. The summed E-state index contributed by atoms with van der Waals surface area (Å²) in [6.07, 6.45) is 2.24. The van der Waals surface area contributed by atoms with Crippen molar-refractivity contribution >= 4 is 23.6 Å². The van der Waals surface area contributed by atoms with Gasteiger partial charge in [-0.2, -0.15) is 0 Å². The van der Waals surface area contributed by atoms with Gasteiger partial charge in [0, 0.05) is 33.2 Å². The van der Waals surface area contributed by atoms with Crippen molar-refractivity contribution in [2.75, 3.05) is 32.1 Å². The molecule has 0 bridgehead atoms. The molecule has 0 saturated carbocycles. The highest BCUT2D eigenvalue weighted by Gasteiger charge is 2.26. The van der Waals surface area contributed by atoms with E-state index in [2.05, 4.69) is 28.6 Å². The normalized spacial score (nSPS) is 16.6. The molecule has 0 radical (unpaired) electrons. The monoisotopic (exact) mass is 311 g/mol. The Kier molecular flexibility index (Phi) is 5.13. The molecular formula is C14H25N5OS. The highest BCUT2D eigenvalue weighted by Crippen LogP contribution is 2.29. The molecular weight excluding hydrogens is 286 g/mol. The quantitative estimate of drug-likeness (QED) is 0.779. The summed E-state index contributed by atoms with van der Waals surface area (Å²) in [5.41, 5.74) is 0. The molecule has 6 nitrogen and oxygen atoms in total. The smallest absolute Gasteiger partial charge is 0.235 e. The minimum absolute atomic E-state index is 0.125. The van der Waals surface area contributed by atoms with Crippen molar-refractivity contribution in [1.29, 1.82) is 0 Å². The van der Waals surface area contributed by atoms with Crippen LogP contribution in [0.4, 0.5) is 5.95 Å². The lowest BCUT2D eigenvalue weighted by Crippen LogP contribution is -2.34. The molecule has 1 fully saturated rings. The van der Waals surface area contributed by atoms with Gasteiger partial charge in [0.25, 0.3) is 0 Å². The lowest BCUT2D eigenvalue weighted by atomic mass is 10.4. The van der Waals surface area contributed by atoms with Crippen LogP contribution in [0.1, 0.15) is 39.7 Å². The van der Waals surface area contributed by atoms with Crippen molar-refractivity contribution in [3.63, 3.8) is 0 Å². The molecule has 0 unspecified atom stereocenters. The third-order valence-corrected chi connectivity index (χ3v) is 4.65. The fraction of sp³-hybridized carbons (Fsp3) is 0.786. The number of amides is 1. The van der Waals surface area contributed by atoms with Crippen LogP contribution in [0.5, 0.6) is 0 Å². The predicted octanol–water partition coefficient (Wildman–Crippen LogP) is 2.03. The molecule has 21 heavy (non-hydrogen) atoms. The van der Waals surface area contributed by atoms with Crippen LogP contribution in [-0.4, -0.2) is 58.0 Å². The third kappa shape index (κ3) is 3.51. The number of anilines is 1. The summed E-state index contributed by atoms with van der Waals surface area (Å²) in [6, 6.07) is 0.258.